The Balaban J connectivity index is 0.000000810. The summed E-state index contributed by atoms with van der Waals surface area (Å²) < 4.78 is 0. The average molecular weight is 253 g/mol. The van der Waals surface area contributed by atoms with Crippen LogP contribution in [-0.4, -0.2) is 40.1 Å². The minimum atomic E-state index is -0.0641. The van der Waals surface area contributed by atoms with Gasteiger partial charge in [-0.25, -0.2) is 0 Å². The number of fused-ring (bicyclic) bond motifs is 2. The Hall–Kier alpha value is -1.49. The lowest BCUT2D eigenvalue weighted by Crippen LogP contribution is -2.20. The zero-order chi connectivity index (χ0) is 11.1. The summed E-state index contributed by atoms with van der Waals surface area (Å²) in [6.07, 6.45) is 0. The first-order valence-corrected chi connectivity index (χ1v) is 5.06. The predicted molar refractivity (Wildman–Crippen MR) is 71.9 cm³/mol. The lowest BCUT2D eigenvalue weighted by molar-refractivity contribution is 0.0979. The van der Waals surface area contributed by atoms with Gasteiger partial charge < -0.3 is 5.48 Å². The summed E-state index contributed by atoms with van der Waals surface area (Å²) in [6.45, 7) is 0. The smallest absolute Gasteiger partial charge is 0.316 e. The Labute approximate surface area is 120 Å². The van der Waals surface area contributed by atoms with Crippen molar-refractivity contribution in [2.75, 3.05) is 0 Å². The normalized spacial score (nSPS) is 11.8. The Morgan fingerprint density at radius 2 is 0.778 bits per heavy atom. The molecule has 0 fully saturated rings. The lowest BCUT2D eigenvalue weighted by atomic mass is 9.84. The number of hydrogen-bond donors (Lipinski definition) is 0. The van der Waals surface area contributed by atoms with Crippen molar-refractivity contribution in [3.8, 4) is 0 Å². The second-order valence-electron chi connectivity index (χ2n) is 3.75. The van der Waals surface area contributed by atoms with Crippen LogP contribution in [0.15, 0.2) is 48.5 Å². The first-order chi connectivity index (χ1) is 7.79. The highest BCUT2D eigenvalue weighted by Crippen LogP contribution is 2.26. The Morgan fingerprint density at radius 3 is 1.00 bits per heavy atom. The second kappa shape index (κ2) is 5.43. The third-order valence-corrected chi connectivity index (χ3v) is 2.83. The van der Waals surface area contributed by atoms with E-state index in [2.05, 4.69) is 0 Å². The largest absolute Gasteiger partial charge is 0.412 e. The maximum atomic E-state index is 12.1. The maximum absolute atomic E-state index is 12.1. The molecule has 2 aromatic carbocycles. The van der Waals surface area contributed by atoms with E-state index < -0.39 is 0 Å². The monoisotopic (exact) mass is 252 g/mol. The van der Waals surface area contributed by atoms with Gasteiger partial charge in [0.1, 0.15) is 0 Å². The van der Waals surface area contributed by atoms with E-state index in [1.807, 2.05) is 0 Å². The van der Waals surface area contributed by atoms with Crippen LogP contribution in [0, 0.1) is 0 Å². The highest BCUT2D eigenvalue weighted by molar-refractivity contribution is 6.28. The molecule has 1 aliphatic carbocycles. The summed E-state index contributed by atoms with van der Waals surface area (Å²) in [5.41, 5.74) is 2.02. The fourth-order valence-corrected chi connectivity index (χ4v) is 2.05. The maximum Gasteiger partial charge on any atom is 0.316 e. The van der Waals surface area contributed by atoms with Crippen molar-refractivity contribution in [2.24, 2.45) is 0 Å². The summed E-state index contributed by atoms with van der Waals surface area (Å²) in [7, 11) is 0. The third-order valence-electron chi connectivity index (χ3n) is 2.83. The average Bonchev–Trinajstić information content (AvgIpc) is 2.36. The number of carbonyl (C=O) groups is 2. The Morgan fingerprint density at radius 1 is 0.556 bits per heavy atom. The Bertz CT molecular complexity index is 514. The molecule has 0 bridgehead atoms. The minimum absolute atomic E-state index is 0. The Kier molecular flexibility index (Phi) is 4.40. The van der Waals surface area contributed by atoms with Gasteiger partial charge in [-0.05, 0) is 0 Å². The second-order valence-corrected chi connectivity index (χ2v) is 3.75. The van der Waals surface area contributed by atoms with Gasteiger partial charge in [-0.3, -0.25) is 9.59 Å². The molecule has 3 nitrogen and oxygen atoms in total. The van der Waals surface area contributed by atoms with Crippen LogP contribution in [0.25, 0.3) is 0 Å². The van der Waals surface area contributed by atoms with Gasteiger partial charge in [0, 0.05) is 22.3 Å². The number of benzene rings is 2. The quantitative estimate of drug-likeness (QED) is 0.553. The zero-order valence-corrected chi connectivity index (χ0v) is 8.94. The first kappa shape index (κ1) is 14.6. The van der Waals surface area contributed by atoms with Crippen LogP contribution in [0.2, 0.25) is 0 Å². The van der Waals surface area contributed by atoms with E-state index in [0.717, 1.165) is 0 Å². The molecule has 18 heavy (non-hydrogen) atoms. The molecule has 2 aromatic rings. The standard InChI is InChI=1S/C14H8O2.Mg.H2O.2H/c15-13-9-5-1-2-6-10(9)14(16)12-8-4-3-7-11(12)13;;;;/h1-8H;;1H2;;. The summed E-state index contributed by atoms with van der Waals surface area (Å²) in [5, 5.41) is 0. The molecule has 0 aromatic heterocycles. The van der Waals surface area contributed by atoms with Gasteiger partial charge in [-0.1, -0.05) is 48.5 Å². The SMILES string of the molecule is O.O=C1c2ccccc2C(=O)c2ccccc21.[MgH2]. The van der Waals surface area contributed by atoms with E-state index in [1.165, 1.54) is 0 Å². The molecule has 0 atom stereocenters. The van der Waals surface area contributed by atoms with Crippen LogP contribution in [-0.2, 0) is 0 Å². The third kappa shape index (κ3) is 1.99. The number of hydrogen-bond acceptors (Lipinski definition) is 2. The first-order valence-electron chi connectivity index (χ1n) is 5.06. The van der Waals surface area contributed by atoms with Gasteiger partial charge in [-0.2, -0.15) is 0 Å². The van der Waals surface area contributed by atoms with Crippen molar-refractivity contribution in [3.05, 3.63) is 70.8 Å². The van der Waals surface area contributed by atoms with Crippen molar-refractivity contribution >= 4 is 34.6 Å². The highest BCUT2D eigenvalue weighted by Gasteiger charge is 2.28. The lowest BCUT2D eigenvalue weighted by Gasteiger charge is -2.16. The molecular weight excluding hydrogens is 240 g/mol. The van der Waals surface area contributed by atoms with Crippen molar-refractivity contribution in [1.82, 2.24) is 0 Å². The summed E-state index contributed by atoms with van der Waals surface area (Å²) in [4.78, 5) is 24.2. The van der Waals surface area contributed by atoms with E-state index in [-0.39, 0.29) is 40.1 Å². The van der Waals surface area contributed by atoms with E-state index >= 15 is 0 Å². The van der Waals surface area contributed by atoms with Crippen LogP contribution in [0.1, 0.15) is 31.8 Å². The molecule has 0 amide bonds. The molecule has 0 aliphatic heterocycles. The molecule has 88 valence electrons. The van der Waals surface area contributed by atoms with Crippen LogP contribution in [0.3, 0.4) is 0 Å². The number of carbonyl (C=O) groups excluding carboxylic acids is 2. The van der Waals surface area contributed by atoms with E-state index in [0.29, 0.717) is 22.3 Å². The van der Waals surface area contributed by atoms with Crippen molar-refractivity contribution in [3.63, 3.8) is 0 Å². The van der Waals surface area contributed by atoms with Gasteiger partial charge in [0.2, 0.25) is 0 Å². The van der Waals surface area contributed by atoms with Crippen molar-refractivity contribution in [2.45, 2.75) is 0 Å². The molecule has 0 saturated heterocycles. The van der Waals surface area contributed by atoms with Crippen LogP contribution >= 0.6 is 0 Å². The summed E-state index contributed by atoms with van der Waals surface area (Å²) in [6, 6.07) is 13.9. The van der Waals surface area contributed by atoms with Crippen LogP contribution < -0.4 is 0 Å². The molecule has 2 N–H and O–H groups in total. The van der Waals surface area contributed by atoms with Gasteiger partial charge in [-0.15, -0.1) is 0 Å². The van der Waals surface area contributed by atoms with E-state index in [4.69, 9.17) is 0 Å². The molecule has 0 spiro atoms. The van der Waals surface area contributed by atoms with E-state index in [1.54, 1.807) is 48.5 Å². The van der Waals surface area contributed by atoms with Gasteiger partial charge in [0.15, 0.2) is 11.6 Å². The van der Waals surface area contributed by atoms with Crippen LogP contribution in [0.5, 0.6) is 0 Å². The topological polar surface area (TPSA) is 65.6 Å². The van der Waals surface area contributed by atoms with Crippen molar-refractivity contribution in [1.29, 1.82) is 0 Å². The number of ketones is 2. The zero-order valence-electron chi connectivity index (χ0n) is 8.94. The summed E-state index contributed by atoms with van der Waals surface area (Å²) in [5.74, 6) is -0.128. The highest BCUT2D eigenvalue weighted by atomic mass is 24.3. The molecule has 0 unspecified atom stereocenters. The molecule has 0 saturated carbocycles. The fourth-order valence-electron chi connectivity index (χ4n) is 2.05. The molecule has 4 heteroatoms. The minimum Gasteiger partial charge on any atom is -0.412 e. The van der Waals surface area contributed by atoms with Gasteiger partial charge in [0.05, 0.1) is 0 Å². The molecule has 3 rings (SSSR count). The molecule has 1 aliphatic rings. The molecule has 0 radical (unpaired) electrons. The molecule has 0 heterocycles. The van der Waals surface area contributed by atoms with E-state index in [9.17, 15) is 9.59 Å². The van der Waals surface area contributed by atoms with Gasteiger partial charge >= 0.3 is 23.1 Å². The predicted octanol–water partition coefficient (Wildman–Crippen LogP) is 0.721. The summed E-state index contributed by atoms with van der Waals surface area (Å²) >= 11 is 0. The fraction of sp³-hybridized carbons (Fsp3) is 0. The number of rotatable bonds is 0. The molecular formula is C14H12MgO3. The van der Waals surface area contributed by atoms with Crippen molar-refractivity contribution < 1.29 is 15.1 Å². The van der Waals surface area contributed by atoms with Crippen LogP contribution in [0.4, 0.5) is 0 Å². The van der Waals surface area contributed by atoms with Gasteiger partial charge in [0.25, 0.3) is 0 Å².